The predicted octanol–water partition coefficient (Wildman–Crippen LogP) is 3.89. The summed E-state index contributed by atoms with van der Waals surface area (Å²) in [5.41, 5.74) is 2.09. The maximum atomic E-state index is 12.1. The molecule has 1 aromatic carbocycles. The first-order chi connectivity index (χ1) is 11.7. The molecule has 0 aliphatic carbocycles. The molecule has 1 amide bonds. The van der Waals surface area contributed by atoms with Gasteiger partial charge in [0.25, 0.3) is 5.91 Å². The zero-order valence-corrected chi connectivity index (χ0v) is 17.3. The number of carbonyl (C=O) groups excluding carboxylic acids is 1. The smallest absolute Gasteiger partial charge is 0.326 e. The van der Waals surface area contributed by atoms with Gasteiger partial charge in [-0.25, -0.2) is 4.79 Å². The monoisotopic (exact) mass is 363 g/mol. The second-order valence-corrected chi connectivity index (χ2v) is 9.13. The summed E-state index contributed by atoms with van der Waals surface area (Å²) in [6.45, 7) is 16.0. The molecule has 26 heavy (non-hydrogen) atoms. The van der Waals surface area contributed by atoms with Gasteiger partial charge in [0.2, 0.25) is 0 Å². The van der Waals surface area contributed by atoms with Gasteiger partial charge in [-0.3, -0.25) is 4.79 Å². The molecule has 0 radical (unpaired) electrons. The van der Waals surface area contributed by atoms with Crippen molar-refractivity contribution in [1.29, 1.82) is 0 Å². The molecule has 5 heteroatoms. The Morgan fingerprint density at radius 3 is 2.08 bits per heavy atom. The minimum Gasteiger partial charge on any atom is -0.483 e. The van der Waals surface area contributed by atoms with Crippen molar-refractivity contribution in [3.63, 3.8) is 0 Å². The molecule has 0 heterocycles. The Labute approximate surface area is 157 Å². The number of rotatable bonds is 6. The number of carboxylic acid groups (broad SMARTS) is 1. The zero-order valence-electron chi connectivity index (χ0n) is 17.3. The van der Waals surface area contributed by atoms with E-state index in [2.05, 4.69) is 52.9 Å². The van der Waals surface area contributed by atoms with Crippen LogP contribution in [-0.2, 0) is 20.4 Å². The highest BCUT2D eigenvalue weighted by atomic mass is 16.5. The van der Waals surface area contributed by atoms with Crippen molar-refractivity contribution in [2.45, 2.75) is 72.3 Å². The second kappa shape index (κ2) is 8.11. The summed E-state index contributed by atoms with van der Waals surface area (Å²) in [5, 5.41) is 11.7. The van der Waals surface area contributed by atoms with E-state index >= 15 is 0 Å². The molecule has 0 spiro atoms. The van der Waals surface area contributed by atoms with Crippen molar-refractivity contribution in [2.24, 2.45) is 5.92 Å². The van der Waals surface area contributed by atoms with E-state index in [1.807, 2.05) is 12.1 Å². The predicted molar refractivity (Wildman–Crippen MR) is 104 cm³/mol. The minimum atomic E-state index is -1.04. The maximum absolute atomic E-state index is 12.1. The summed E-state index contributed by atoms with van der Waals surface area (Å²) in [5.74, 6) is -1.03. The van der Waals surface area contributed by atoms with Gasteiger partial charge in [-0.2, -0.15) is 0 Å². The molecule has 0 saturated heterocycles. The van der Waals surface area contributed by atoms with Gasteiger partial charge < -0.3 is 15.2 Å². The Balaban J connectivity index is 2.96. The minimum absolute atomic E-state index is 0.0158. The molecule has 1 rings (SSSR count). The second-order valence-electron chi connectivity index (χ2n) is 9.13. The van der Waals surface area contributed by atoms with Gasteiger partial charge >= 0.3 is 5.97 Å². The van der Waals surface area contributed by atoms with E-state index in [9.17, 15) is 14.7 Å². The first-order valence-electron chi connectivity index (χ1n) is 9.03. The van der Waals surface area contributed by atoms with Crippen LogP contribution < -0.4 is 10.1 Å². The fourth-order valence-corrected chi connectivity index (χ4v) is 2.58. The van der Waals surface area contributed by atoms with Gasteiger partial charge in [0.15, 0.2) is 6.61 Å². The quantitative estimate of drug-likeness (QED) is 0.804. The SMILES string of the molecule is CC(C)[C@H](NC(=O)COc1ccc(C(C)(C)C)cc1C(C)(C)C)C(=O)O. The fraction of sp³-hybridized carbons (Fsp3) is 0.619. The summed E-state index contributed by atoms with van der Waals surface area (Å²) in [6.07, 6.45) is 0. The summed E-state index contributed by atoms with van der Waals surface area (Å²) >= 11 is 0. The number of aliphatic carboxylic acids is 1. The van der Waals surface area contributed by atoms with E-state index < -0.39 is 17.9 Å². The van der Waals surface area contributed by atoms with Crippen LogP contribution in [-0.4, -0.2) is 29.6 Å². The van der Waals surface area contributed by atoms with Crippen LogP contribution in [0.25, 0.3) is 0 Å². The molecule has 0 aliphatic rings. The molecule has 2 N–H and O–H groups in total. The van der Waals surface area contributed by atoms with Gasteiger partial charge in [-0.15, -0.1) is 0 Å². The van der Waals surface area contributed by atoms with E-state index in [1.165, 1.54) is 5.56 Å². The standard InChI is InChI=1S/C21H33NO4/c1-13(2)18(19(24)25)22-17(23)12-26-16-10-9-14(20(3,4)5)11-15(16)21(6,7)8/h9-11,13,18H,12H2,1-8H3,(H,22,23)(H,24,25)/t18-/m0/s1. The zero-order chi connectivity index (χ0) is 20.3. The van der Waals surface area contributed by atoms with Crippen LogP contribution in [0, 0.1) is 5.92 Å². The van der Waals surface area contributed by atoms with Crippen molar-refractivity contribution in [3.05, 3.63) is 29.3 Å². The molecule has 0 fully saturated rings. The van der Waals surface area contributed by atoms with E-state index in [0.29, 0.717) is 5.75 Å². The first-order valence-corrected chi connectivity index (χ1v) is 9.03. The third-order valence-corrected chi connectivity index (χ3v) is 4.26. The lowest BCUT2D eigenvalue weighted by molar-refractivity contribution is -0.143. The number of hydrogen-bond acceptors (Lipinski definition) is 3. The van der Waals surface area contributed by atoms with Gasteiger partial charge in [-0.05, 0) is 33.9 Å². The molecule has 146 valence electrons. The van der Waals surface area contributed by atoms with Gasteiger partial charge in [0.05, 0.1) is 0 Å². The van der Waals surface area contributed by atoms with Crippen LogP contribution in [0.15, 0.2) is 18.2 Å². The van der Waals surface area contributed by atoms with E-state index in [0.717, 1.165) is 5.56 Å². The van der Waals surface area contributed by atoms with Crippen molar-refractivity contribution < 1.29 is 19.4 Å². The molecule has 1 atom stereocenters. The molecule has 0 bridgehead atoms. The first kappa shape index (κ1) is 22.0. The number of nitrogens with one attached hydrogen (secondary N) is 1. The molecular weight excluding hydrogens is 330 g/mol. The lowest BCUT2D eigenvalue weighted by Gasteiger charge is -2.27. The third-order valence-electron chi connectivity index (χ3n) is 4.26. The summed E-state index contributed by atoms with van der Waals surface area (Å²) in [7, 11) is 0. The van der Waals surface area contributed by atoms with Crippen LogP contribution in [0.4, 0.5) is 0 Å². The van der Waals surface area contributed by atoms with Gasteiger partial charge in [0.1, 0.15) is 11.8 Å². The number of hydrogen-bond donors (Lipinski definition) is 2. The van der Waals surface area contributed by atoms with Gasteiger partial charge in [0, 0.05) is 0 Å². The van der Waals surface area contributed by atoms with Crippen molar-refractivity contribution >= 4 is 11.9 Å². The molecule has 0 aliphatic heterocycles. The average Bonchev–Trinajstić information content (AvgIpc) is 2.47. The van der Waals surface area contributed by atoms with E-state index in [-0.39, 0.29) is 23.4 Å². The van der Waals surface area contributed by atoms with Crippen LogP contribution in [0.2, 0.25) is 0 Å². The molecule has 1 aromatic rings. The van der Waals surface area contributed by atoms with Crippen LogP contribution in [0.5, 0.6) is 5.75 Å². The number of ether oxygens (including phenoxy) is 1. The number of benzene rings is 1. The number of carbonyl (C=O) groups is 2. The summed E-state index contributed by atoms with van der Waals surface area (Å²) in [6, 6.07) is 5.11. The van der Waals surface area contributed by atoms with E-state index in [4.69, 9.17) is 4.74 Å². The Morgan fingerprint density at radius 1 is 1.08 bits per heavy atom. The molecule has 0 aromatic heterocycles. The lowest BCUT2D eigenvalue weighted by atomic mass is 9.80. The van der Waals surface area contributed by atoms with E-state index in [1.54, 1.807) is 13.8 Å². The maximum Gasteiger partial charge on any atom is 0.326 e. The van der Waals surface area contributed by atoms with Crippen LogP contribution >= 0.6 is 0 Å². The Hall–Kier alpha value is -2.04. The highest BCUT2D eigenvalue weighted by Crippen LogP contribution is 2.35. The van der Waals surface area contributed by atoms with Crippen molar-refractivity contribution in [1.82, 2.24) is 5.32 Å². The molecule has 5 nitrogen and oxygen atoms in total. The van der Waals surface area contributed by atoms with Crippen molar-refractivity contribution in [2.75, 3.05) is 6.61 Å². The lowest BCUT2D eigenvalue weighted by Crippen LogP contribution is -2.46. The largest absolute Gasteiger partial charge is 0.483 e. The summed E-state index contributed by atoms with van der Waals surface area (Å²) in [4.78, 5) is 23.3. The fourth-order valence-electron chi connectivity index (χ4n) is 2.58. The highest BCUT2D eigenvalue weighted by molar-refractivity contribution is 5.84. The third kappa shape index (κ3) is 6.04. The van der Waals surface area contributed by atoms with Crippen LogP contribution in [0.1, 0.15) is 66.5 Å². The van der Waals surface area contributed by atoms with Crippen LogP contribution in [0.3, 0.4) is 0 Å². The Kier molecular flexibility index (Phi) is 6.86. The molecule has 0 saturated carbocycles. The Morgan fingerprint density at radius 2 is 1.65 bits per heavy atom. The Bertz CT molecular complexity index is 651. The number of carboxylic acids is 1. The number of amides is 1. The molecular formula is C21H33NO4. The normalized spacial score (nSPS) is 13.4. The average molecular weight is 363 g/mol. The molecule has 0 unspecified atom stereocenters. The highest BCUT2D eigenvalue weighted by Gasteiger charge is 2.25. The summed E-state index contributed by atoms with van der Waals surface area (Å²) < 4.78 is 5.75. The van der Waals surface area contributed by atoms with Gasteiger partial charge in [-0.1, -0.05) is 67.5 Å². The van der Waals surface area contributed by atoms with Crippen molar-refractivity contribution in [3.8, 4) is 5.75 Å². The topological polar surface area (TPSA) is 75.6 Å².